The molecular formula is C13H18FNO3. The van der Waals surface area contributed by atoms with E-state index in [0.29, 0.717) is 13.2 Å². The van der Waals surface area contributed by atoms with Crippen LogP contribution in [0.1, 0.15) is 29.6 Å². The standard InChI is InChI=1S/C13H18FNO3/c1-18-8-4-2-3-7-15-13(17)11-6-5-10(14)9-12(11)16/h5-6,9,16H,2-4,7-8H2,1H3,(H,15,17). The summed E-state index contributed by atoms with van der Waals surface area (Å²) < 4.78 is 17.6. The first kappa shape index (κ1) is 14.4. The molecule has 0 aliphatic heterocycles. The lowest BCUT2D eigenvalue weighted by Crippen LogP contribution is -2.24. The van der Waals surface area contributed by atoms with Crippen LogP contribution in [0.25, 0.3) is 0 Å². The Bertz CT molecular complexity index is 396. The lowest BCUT2D eigenvalue weighted by molar-refractivity contribution is 0.0950. The molecule has 1 rings (SSSR count). The largest absolute Gasteiger partial charge is 0.507 e. The number of carbonyl (C=O) groups is 1. The Labute approximate surface area is 106 Å². The number of rotatable bonds is 7. The zero-order valence-electron chi connectivity index (χ0n) is 10.4. The number of phenolic OH excluding ortho intramolecular Hbond substituents is 1. The maximum absolute atomic E-state index is 12.7. The highest BCUT2D eigenvalue weighted by molar-refractivity contribution is 5.96. The summed E-state index contributed by atoms with van der Waals surface area (Å²) in [6, 6.07) is 3.34. The number of benzene rings is 1. The van der Waals surface area contributed by atoms with Crippen LogP contribution in [0.5, 0.6) is 5.75 Å². The topological polar surface area (TPSA) is 58.6 Å². The Kier molecular flexibility index (Phi) is 6.14. The van der Waals surface area contributed by atoms with Crippen molar-refractivity contribution >= 4 is 5.91 Å². The van der Waals surface area contributed by atoms with Crippen LogP contribution in [0, 0.1) is 5.82 Å². The molecule has 0 radical (unpaired) electrons. The smallest absolute Gasteiger partial charge is 0.255 e. The van der Waals surface area contributed by atoms with Crippen molar-refractivity contribution in [3.8, 4) is 5.75 Å². The van der Waals surface area contributed by atoms with Gasteiger partial charge in [0.2, 0.25) is 0 Å². The lowest BCUT2D eigenvalue weighted by atomic mass is 10.1. The summed E-state index contributed by atoms with van der Waals surface area (Å²) in [4.78, 5) is 11.6. The van der Waals surface area contributed by atoms with Gasteiger partial charge in [0.05, 0.1) is 5.56 Å². The number of ether oxygens (including phenoxy) is 1. The van der Waals surface area contributed by atoms with Gasteiger partial charge in [0, 0.05) is 26.3 Å². The molecule has 0 saturated carbocycles. The number of aromatic hydroxyl groups is 1. The fraction of sp³-hybridized carbons (Fsp3) is 0.462. The molecule has 4 nitrogen and oxygen atoms in total. The summed E-state index contributed by atoms with van der Waals surface area (Å²) in [7, 11) is 1.65. The predicted molar refractivity (Wildman–Crippen MR) is 66.1 cm³/mol. The van der Waals surface area contributed by atoms with E-state index in [1.807, 2.05) is 0 Å². The van der Waals surface area contributed by atoms with E-state index in [-0.39, 0.29) is 17.2 Å². The quantitative estimate of drug-likeness (QED) is 0.733. The van der Waals surface area contributed by atoms with Crippen LogP contribution in [-0.2, 0) is 4.74 Å². The molecule has 100 valence electrons. The molecule has 0 aliphatic carbocycles. The fourth-order valence-electron chi connectivity index (χ4n) is 1.54. The van der Waals surface area contributed by atoms with Gasteiger partial charge in [-0.25, -0.2) is 4.39 Å². The third-order valence-corrected chi connectivity index (χ3v) is 2.52. The summed E-state index contributed by atoms with van der Waals surface area (Å²) in [5.41, 5.74) is 0.0910. The van der Waals surface area contributed by atoms with Gasteiger partial charge in [-0.2, -0.15) is 0 Å². The van der Waals surface area contributed by atoms with Crippen molar-refractivity contribution < 1.29 is 19.0 Å². The van der Waals surface area contributed by atoms with Crippen LogP contribution < -0.4 is 5.32 Å². The van der Waals surface area contributed by atoms with Gasteiger partial charge in [0.15, 0.2) is 0 Å². The van der Waals surface area contributed by atoms with Crippen molar-refractivity contribution in [3.63, 3.8) is 0 Å². The molecule has 0 aliphatic rings. The van der Waals surface area contributed by atoms with Crippen molar-refractivity contribution in [2.24, 2.45) is 0 Å². The van der Waals surface area contributed by atoms with E-state index in [0.717, 1.165) is 31.4 Å². The highest BCUT2D eigenvalue weighted by atomic mass is 19.1. The molecule has 1 aromatic carbocycles. The van der Waals surface area contributed by atoms with Gasteiger partial charge in [-0.15, -0.1) is 0 Å². The van der Waals surface area contributed by atoms with Crippen LogP contribution in [0.3, 0.4) is 0 Å². The van der Waals surface area contributed by atoms with Gasteiger partial charge >= 0.3 is 0 Å². The third kappa shape index (κ3) is 4.71. The summed E-state index contributed by atoms with van der Waals surface area (Å²) >= 11 is 0. The molecule has 0 fully saturated rings. The Morgan fingerprint density at radius 3 is 2.83 bits per heavy atom. The zero-order chi connectivity index (χ0) is 13.4. The molecule has 18 heavy (non-hydrogen) atoms. The van der Waals surface area contributed by atoms with Crippen molar-refractivity contribution in [2.45, 2.75) is 19.3 Å². The van der Waals surface area contributed by atoms with Gasteiger partial charge in [0.25, 0.3) is 5.91 Å². The molecule has 0 unspecified atom stereocenters. The number of amides is 1. The minimum atomic E-state index is -0.566. The van der Waals surface area contributed by atoms with E-state index in [4.69, 9.17) is 4.74 Å². The van der Waals surface area contributed by atoms with Crippen molar-refractivity contribution in [3.05, 3.63) is 29.6 Å². The molecule has 1 amide bonds. The van der Waals surface area contributed by atoms with E-state index in [2.05, 4.69) is 5.32 Å². The average Bonchev–Trinajstić information content (AvgIpc) is 2.33. The molecular weight excluding hydrogens is 237 g/mol. The van der Waals surface area contributed by atoms with Gasteiger partial charge in [-0.3, -0.25) is 4.79 Å². The molecule has 0 heterocycles. The predicted octanol–water partition coefficient (Wildman–Crippen LogP) is 2.08. The number of halogens is 1. The van der Waals surface area contributed by atoms with Gasteiger partial charge in [-0.05, 0) is 31.4 Å². The Morgan fingerprint density at radius 1 is 1.39 bits per heavy atom. The highest BCUT2D eigenvalue weighted by Gasteiger charge is 2.10. The monoisotopic (exact) mass is 255 g/mol. The molecule has 1 aromatic rings. The lowest BCUT2D eigenvalue weighted by Gasteiger charge is -2.06. The number of carbonyl (C=O) groups excluding carboxylic acids is 1. The Morgan fingerprint density at radius 2 is 2.17 bits per heavy atom. The van der Waals surface area contributed by atoms with Crippen LogP contribution in [0.4, 0.5) is 4.39 Å². The molecule has 0 bridgehead atoms. The number of unbranched alkanes of at least 4 members (excludes halogenated alkanes) is 2. The van der Waals surface area contributed by atoms with Crippen LogP contribution in [0.15, 0.2) is 18.2 Å². The first-order chi connectivity index (χ1) is 8.65. The van der Waals surface area contributed by atoms with Crippen LogP contribution >= 0.6 is 0 Å². The third-order valence-electron chi connectivity index (χ3n) is 2.52. The number of phenols is 1. The first-order valence-electron chi connectivity index (χ1n) is 5.91. The maximum atomic E-state index is 12.7. The van der Waals surface area contributed by atoms with E-state index in [1.165, 1.54) is 6.07 Å². The summed E-state index contributed by atoms with van der Waals surface area (Å²) in [5.74, 6) is -1.30. The Balaban J connectivity index is 2.32. The maximum Gasteiger partial charge on any atom is 0.255 e. The number of hydrogen-bond donors (Lipinski definition) is 2. The van der Waals surface area contributed by atoms with E-state index >= 15 is 0 Å². The molecule has 0 atom stereocenters. The van der Waals surface area contributed by atoms with Crippen LogP contribution in [-0.4, -0.2) is 31.3 Å². The highest BCUT2D eigenvalue weighted by Crippen LogP contribution is 2.17. The van der Waals surface area contributed by atoms with Crippen molar-refractivity contribution in [2.75, 3.05) is 20.3 Å². The minimum absolute atomic E-state index is 0.0910. The molecule has 5 heteroatoms. The van der Waals surface area contributed by atoms with Crippen molar-refractivity contribution in [1.82, 2.24) is 5.32 Å². The first-order valence-corrected chi connectivity index (χ1v) is 5.91. The van der Waals surface area contributed by atoms with E-state index in [9.17, 15) is 14.3 Å². The summed E-state index contributed by atoms with van der Waals surface area (Å²) in [5, 5.41) is 12.1. The summed E-state index contributed by atoms with van der Waals surface area (Å²) in [6.07, 6.45) is 2.76. The number of hydrogen-bond acceptors (Lipinski definition) is 3. The van der Waals surface area contributed by atoms with Gasteiger partial charge < -0.3 is 15.2 Å². The Hall–Kier alpha value is -1.62. The molecule has 0 aromatic heterocycles. The number of nitrogens with one attached hydrogen (secondary N) is 1. The van der Waals surface area contributed by atoms with Gasteiger partial charge in [-0.1, -0.05) is 0 Å². The second kappa shape index (κ2) is 7.66. The second-order valence-electron chi connectivity index (χ2n) is 3.97. The van der Waals surface area contributed by atoms with Crippen LogP contribution in [0.2, 0.25) is 0 Å². The second-order valence-corrected chi connectivity index (χ2v) is 3.97. The molecule has 0 saturated heterocycles. The SMILES string of the molecule is COCCCCCNC(=O)c1ccc(F)cc1O. The van der Waals surface area contributed by atoms with E-state index in [1.54, 1.807) is 7.11 Å². The molecule has 0 spiro atoms. The number of methoxy groups -OCH3 is 1. The fourth-order valence-corrected chi connectivity index (χ4v) is 1.54. The van der Waals surface area contributed by atoms with E-state index < -0.39 is 5.82 Å². The van der Waals surface area contributed by atoms with Crippen molar-refractivity contribution in [1.29, 1.82) is 0 Å². The summed E-state index contributed by atoms with van der Waals surface area (Å²) in [6.45, 7) is 1.24. The molecule has 2 N–H and O–H groups in total. The zero-order valence-corrected chi connectivity index (χ0v) is 10.4. The van der Waals surface area contributed by atoms with Gasteiger partial charge in [0.1, 0.15) is 11.6 Å². The minimum Gasteiger partial charge on any atom is -0.507 e. The normalized spacial score (nSPS) is 10.3. The average molecular weight is 255 g/mol.